The van der Waals surface area contributed by atoms with Gasteiger partial charge in [-0.05, 0) is 0 Å². The molecular weight excluding hydrogens is 231 g/mol. The molecule has 90 valence electrons. The molecule has 0 amide bonds. The molecule has 0 atom stereocenters. The maximum Gasteiger partial charge on any atom is 0.391 e. The third-order valence-corrected chi connectivity index (χ3v) is 1.55. The van der Waals surface area contributed by atoms with Crippen LogP contribution in [0.15, 0.2) is 10.6 Å². The summed E-state index contributed by atoms with van der Waals surface area (Å²) in [6.07, 6.45) is -5.33. The molecule has 0 aliphatic heterocycles. The minimum atomic E-state index is -4.27. The van der Waals surface area contributed by atoms with Gasteiger partial charge >= 0.3 is 12.1 Å². The van der Waals surface area contributed by atoms with Gasteiger partial charge in [-0.2, -0.15) is 13.2 Å². The van der Waals surface area contributed by atoms with Crippen molar-refractivity contribution in [3.8, 4) is 0 Å². The van der Waals surface area contributed by atoms with E-state index in [1.807, 2.05) is 0 Å². The predicted molar refractivity (Wildman–Crippen MR) is 43.8 cm³/mol. The summed E-state index contributed by atoms with van der Waals surface area (Å²) in [4.78, 5) is 10.4. The zero-order chi connectivity index (χ0) is 12.2. The van der Waals surface area contributed by atoms with Crippen LogP contribution in [0.4, 0.5) is 13.2 Å². The lowest BCUT2D eigenvalue weighted by Gasteiger charge is -2.05. The summed E-state index contributed by atoms with van der Waals surface area (Å²) >= 11 is 0. The Balaban J connectivity index is 2.30. The van der Waals surface area contributed by atoms with E-state index in [1.165, 1.54) is 0 Å². The summed E-state index contributed by atoms with van der Waals surface area (Å²) in [5, 5.41) is 11.6. The van der Waals surface area contributed by atoms with Gasteiger partial charge in [-0.1, -0.05) is 5.16 Å². The lowest BCUT2D eigenvalue weighted by atomic mass is 10.4. The zero-order valence-electron chi connectivity index (χ0n) is 7.95. The van der Waals surface area contributed by atoms with Crippen molar-refractivity contribution in [2.24, 2.45) is 0 Å². The van der Waals surface area contributed by atoms with Crippen molar-refractivity contribution in [3.63, 3.8) is 0 Å². The van der Waals surface area contributed by atoms with Crippen molar-refractivity contribution in [2.75, 3.05) is 6.61 Å². The van der Waals surface area contributed by atoms with E-state index in [0.717, 1.165) is 6.07 Å². The summed E-state index contributed by atoms with van der Waals surface area (Å²) in [5.41, 5.74) is -0.311. The maximum atomic E-state index is 11.7. The molecule has 0 bridgehead atoms. The van der Waals surface area contributed by atoms with Gasteiger partial charge in [-0.3, -0.25) is 0 Å². The van der Waals surface area contributed by atoms with Crippen molar-refractivity contribution < 1.29 is 32.3 Å². The second-order valence-electron chi connectivity index (χ2n) is 2.90. The first-order chi connectivity index (χ1) is 7.38. The zero-order valence-corrected chi connectivity index (χ0v) is 7.95. The number of carboxylic acid groups (broad SMARTS) is 1. The molecular formula is C8H8F3NO4. The second kappa shape index (κ2) is 4.97. The number of halogens is 3. The molecule has 0 aromatic carbocycles. The molecule has 0 saturated carbocycles. The van der Waals surface area contributed by atoms with Gasteiger partial charge in [-0.25, -0.2) is 4.79 Å². The van der Waals surface area contributed by atoms with E-state index in [9.17, 15) is 18.0 Å². The first-order valence-corrected chi connectivity index (χ1v) is 4.22. The first-order valence-electron chi connectivity index (χ1n) is 4.22. The third-order valence-electron chi connectivity index (χ3n) is 1.55. The van der Waals surface area contributed by atoms with Crippen LogP contribution in [-0.2, 0) is 11.3 Å². The number of carbonyl (C=O) groups is 1. The molecule has 1 aromatic heterocycles. The highest BCUT2D eigenvalue weighted by Gasteiger charge is 2.26. The Hall–Kier alpha value is -1.57. The highest BCUT2D eigenvalue weighted by atomic mass is 19.4. The van der Waals surface area contributed by atoms with E-state index in [-0.39, 0.29) is 18.1 Å². The van der Waals surface area contributed by atoms with E-state index in [1.54, 1.807) is 0 Å². The Morgan fingerprint density at radius 2 is 2.25 bits per heavy atom. The number of hydrogen-bond acceptors (Lipinski definition) is 4. The molecule has 5 nitrogen and oxygen atoms in total. The van der Waals surface area contributed by atoms with Crippen LogP contribution in [0.25, 0.3) is 0 Å². The van der Waals surface area contributed by atoms with Crippen LogP contribution in [-0.4, -0.2) is 29.0 Å². The number of rotatable bonds is 5. The first kappa shape index (κ1) is 12.5. The molecule has 0 fully saturated rings. The number of aromatic carboxylic acids is 1. The number of hydrogen-bond donors (Lipinski definition) is 1. The highest BCUT2D eigenvalue weighted by molar-refractivity contribution is 5.85. The van der Waals surface area contributed by atoms with Crippen LogP contribution in [0.3, 0.4) is 0 Å². The quantitative estimate of drug-likeness (QED) is 0.793. The molecule has 1 N–H and O–H groups in total. The maximum absolute atomic E-state index is 11.7. The van der Waals surface area contributed by atoms with Gasteiger partial charge in [0.1, 0.15) is 6.61 Å². The monoisotopic (exact) mass is 239 g/mol. The van der Waals surface area contributed by atoms with Crippen LogP contribution in [0.2, 0.25) is 0 Å². The summed E-state index contributed by atoms with van der Waals surface area (Å²) < 4.78 is 44.3. The summed E-state index contributed by atoms with van der Waals surface area (Å²) in [5.74, 6) is -1.20. The van der Waals surface area contributed by atoms with Crippen LogP contribution in [0, 0.1) is 0 Å². The van der Waals surface area contributed by atoms with E-state index >= 15 is 0 Å². The summed E-state index contributed by atoms with van der Waals surface area (Å²) in [7, 11) is 0. The fourth-order valence-electron chi connectivity index (χ4n) is 0.842. The largest absolute Gasteiger partial charge is 0.476 e. The molecule has 1 heterocycles. The molecule has 8 heteroatoms. The van der Waals surface area contributed by atoms with E-state index in [2.05, 4.69) is 14.4 Å². The number of alkyl halides is 3. The fourth-order valence-corrected chi connectivity index (χ4v) is 0.842. The van der Waals surface area contributed by atoms with Crippen molar-refractivity contribution in [1.29, 1.82) is 0 Å². The van der Waals surface area contributed by atoms with Gasteiger partial charge in [0, 0.05) is 6.07 Å². The van der Waals surface area contributed by atoms with Crippen LogP contribution < -0.4 is 0 Å². The third kappa shape index (κ3) is 4.30. The topological polar surface area (TPSA) is 72.6 Å². The normalized spacial score (nSPS) is 11.7. The number of aromatic nitrogens is 1. The van der Waals surface area contributed by atoms with Crippen LogP contribution in [0.5, 0.6) is 0 Å². The van der Waals surface area contributed by atoms with Gasteiger partial charge in [0.2, 0.25) is 0 Å². The Morgan fingerprint density at radius 1 is 1.56 bits per heavy atom. The Morgan fingerprint density at radius 3 is 2.75 bits per heavy atom. The predicted octanol–water partition coefficient (Wildman–Crippen LogP) is 1.84. The van der Waals surface area contributed by atoms with Gasteiger partial charge in [0.25, 0.3) is 0 Å². The van der Waals surface area contributed by atoms with Gasteiger partial charge < -0.3 is 14.4 Å². The van der Waals surface area contributed by atoms with Gasteiger partial charge in [0.15, 0.2) is 11.5 Å². The lowest BCUT2D eigenvalue weighted by Crippen LogP contribution is -2.11. The molecule has 0 unspecified atom stereocenters. The summed E-state index contributed by atoms with van der Waals surface area (Å²) in [6.45, 7) is -0.747. The van der Waals surface area contributed by atoms with E-state index in [0.29, 0.717) is 0 Å². The minimum absolute atomic E-state index is 0.0691. The number of carboxylic acids is 1. The molecule has 1 aromatic rings. The molecule has 1 rings (SSSR count). The van der Waals surface area contributed by atoms with Crippen molar-refractivity contribution in [3.05, 3.63) is 17.5 Å². The molecule has 0 saturated heterocycles. The van der Waals surface area contributed by atoms with Crippen molar-refractivity contribution in [1.82, 2.24) is 5.16 Å². The number of ether oxygens (including phenoxy) is 1. The molecule has 0 spiro atoms. The SMILES string of the molecule is O=C(O)c1cc(COCCC(F)(F)F)on1. The van der Waals surface area contributed by atoms with Crippen molar-refractivity contribution >= 4 is 5.97 Å². The Kier molecular flexibility index (Phi) is 3.88. The van der Waals surface area contributed by atoms with Gasteiger partial charge in [0.05, 0.1) is 13.0 Å². The Labute approximate surface area is 87.8 Å². The van der Waals surface area contributed by atoms with Gasteiger partial charge in [-0.15, -0.1) is 0 Å². The molecule has 16 heavy (non-hydrogen) atoms. The highest BCUT2D eigenvalue weighted by Crippen LogP contribution is 2.19. The molecule has 0 radical (unpaired) electrons. The van der Waals surface area contributed by atoms with E-state index in [4.69, 9.17) is 5.11 Å². The average molecular weight is 239 g/mol. The Bertz CT molecular complexity index is 360. The lowest BCUT2D eigenvalue weighted by molar-refractivity contribution is -0.146. The second-order valence-corrected chi connectivity index (χ2v) is 2.90. The molecule has 0 aliphatic carbocycles. The fraction of sp³-hybridized carbons (Fsp3) is 0.500. The van der Waals surface area contributed by atoms with Crippen LogP contribution >= 0.6 is 0 Å². The summed E-state index contributed by atoms with van der Waals surface area (Å²) in [6, 6.07) is 1.09. The smallest absolute Gasteiger partial charge is 0.391 e. The van der Waals surface area contributed by atoms with E-state index < -0.39 is 25.2 Å². The minimum Gasteiger partial charge on any atom is -0.476 e. The molecule has 0 aliphatic rings. The number of nitrogens with zero attached hydrogens (tertiary/aromatic N) is 1. The van der Waals surface area contributed by atoms with Crippen LogP contribution in [0.1, 0.15) is 22.7 Å². The standard InChI is InChI=1S/C8H8F3NO4/c9-8(10,11)1-2-15-4-5-3-6(7(13)14)12-16-5/h3H,1-2,4H2,(H,13,14). The average Bonchev–Trinajstić information content (AvgIpc) is 2.59. The van der Waals surface area contributed by atoms with Crippen molar-refractivity contribution in [2.45, 2.75) is 19.2 Å².